The summed E-state index contributed by atoms with van der Waals surface area (Å²) in [5.41, 5.74) is 1.51. The lowest BCUT2D eigenvalue weighted by atomic mass is 9.45. The molecular weight excluding hydrogens is 284 g/mol. The smallest absolute Gasteiger partial charge is 0.142 e. The van der Waals surface area contributed by atoms with E-state index in [0.717, 1.165) is 32.1 Å². The lowest BCUT2D eigenvalue weighted by molar-refractivity contribution is -0.132. The Morgan fingerprint density at radius 1 is 1.04 bits per heavy atom. The minimum absolute atomic E-state index is 0.101. The van der Waals surface area contributed by atoms with Crippen molar-refractivity contribution in [3.8, 4) is 0 Å². The Morgan fingerprint density at radius 2 is 1.78 bits per heavy atom. The molecule has 1 N–H and O–H groups in total. The van der Waals surface area contributed by atoms with Crippen molar-refractivity contribution in [3.05, 3.63) is 11.6 Å². The molecule has 0 aliphatic heterocycles. The van der Waals surface area contributed by atoms with E-state index in [9.17, 15) is 9.90 Å². The number of carbonyl (C=O) groups excluding carboxylic acids is 1. The van der Waals surface area contributed by atoms with Crippen LogP contribution >= 0.6 is 0 Å². The number of fused-ring (bicyclic) bond motifs is 5. The van der Waals surface area contributed by atoms with Gasteiger partial charge in [-0.05, 0) is 81.0 Å². The number of allylic oxidation sites excluding steroid dienone is 2. The van der Waals surface area contributed by atoms with Gasteiger partial charge in [0.25, 0.3) is 0 Å². The summed E-state index contributed by atoms with van der Waals surface area (Å²) in [7, 11) is 0. The van der Waals surface area contributed by atoms with Crippen LogP contribution in [-0.2, 0) is 4.79 Å². The highest BCUT2D eigenvalue weighted by Gasteiger charge is 2.60. The molecule has 4 aliphatic carbocycles. The fraction of sp³-hybridized carbons (Fsp3) is 0.857. The Kier molecular flexibility index (Phi) is 3.25. The van der Waals surface area contributed by atoms with Crippen LogP contribution in [0.3, 0.4) is 0 Å². The second-order valence-electron chi connectivity index (χ2n) is 9.83. The first-order valence-electron chi connectivity index (χ1n) is 9.64. The number of ketones is 1. The first kappa shape index (κ1) is 15.9. The predicted octanol–water partition coefficient (Wildman–Crippen LogP) is 4.52. The van der Waals surface area contributed by atoms with Gasteiger partial charge in [-0.25, -0.2) is 0 Å². The van der Waals surface area contributed by atoms with Crippen LogP contribution in [0.4, 0.5) is 0 Å². The van der Waals surface area contributed by atoms with E-state index in [2.05, 4.69) is 33.8 Å². The molecule has 23 heavy (non-hydrogen) atoms. The average Bonchev–Trinajstić information content (AvgIpc) is 2.79. The monoisotopic (exact) mass is 316 g/mol. The molecule has 6 atom stereocenters. The van der Waals surface area contributed by atoms with Gasteiger partial charge >= 0.3 is 0 Å². The van der Waals surface area contributed by atoms with Crippen LogP contribution in [-0.4, -0.2) is 17.0 Å². The molecule has 0 aromatic heterocycles. The summed E-state index contributed by atoms with van der Waals surface area (Å²) < 4.78 is 0. The summed E-state index contributed by atoms with van der Waals surface area (Å²) in [6, 6.07) is 0. The van der Waals surface area contributed by atoms with Gasteiger partial charge < -0.3 is 5.11 Å². The van der Waals surface area contributed by atoms with Gasteiger partial charge in [0.15, 0.2) is 0 Å². The van der Waals surface area contributed by atoms with Crippen LogP contribution < -0.4 is 0 Å². The molecule has 0 aromatic carbocycles. The maximum Gasteiger partial charge on any atom is 0.142 e. The van der Waals surface area contributed by atoms with Crippen molar-refractivity contribution in [1.29, 1.82) is 0 Å². The van der Waals surface area contributed by atoms with Gasteiger partial charge in [-0.2, -0.15) is 0 Å². The van der Waals surface area contributed by atoms with Gasteiger partial charge in [-0.15, -0.1) is 0 Å². The van der Waals surface area contributed by atoms with Crippen molar-refractivity contribution in [1.82, 2.24) is 0 Å². The minimum atomic E-state index is -0.270. The molecule has 0 spiro atoms. The standard InChI is InChI=1S/C21H32O2/c1-19(2)16-7-5-13-14-6-8-18(23)21(14,4)11-9-15(13)20(16,3)12-10-17(19)22/h7,13-15,18,23H,5-6,8-12H2,1-4H3/t13?,14?,15?,18?,20-,21+/m1/s1. The molecule has 0 saturated heterocycles. The Balaban J connectivity index is 1.74. The van der Waals surface area contributed by atoms with Gasteiger partial charge in [0, 0.05) is 11.8 Å². The zero-order valence-corrected chi connectivity index (χ0v) is 15.2. The first-order chi connectivity index (χ1) is 10.7. The van der Waals surface area contributed by atoms with Crippen molar-refractivity contribution >= 4 is 5.78 Å². The quantitative estimate of drug-likeness (QED) is 0.667. The molecule has 128 valence electrons. The fourth-order valence-corrected chi connectivity index (χ4v) is 7.19. The third kappa shape index (κ3) is 1.88. The summed E-state index contributed by atoms with van der Waals surface area (Å²) in [5, 5.41) is 10.5. The molecule has 0 amide bonds. The van der Waals surface area contributed by atoms with Crippen molar-refractivity contribution in [2.24, 2.45) is 34.0 Å². The third-order valence-corrected chi connectivity index (χ3v) is 8.66. The first-order valence-corrected chi connectivity index (χ1v) is 9.64. The van der Waals surface area contributed by atoms with E-state index in [1.807, 2.05) is 0 Å². The molecule has 0 radical (unpaired) electrons. The van der Waals surface area contributed by atoms with Crippen LogP contribution in [0.15, 0.2) is 11.6 Å². The highest BCUT2D eigenvalue weighted by Crippen LogP contribution is 2.66. The van der Waals surface area contributed by atoms with Crippen LogP contribution in [0, 0.1) is 34.0 Å². The van der Waals surface area contributed by atoms with Gasteiger partial charge in [0.1, 0.15) is 5.78 Å². The zero-order valence-electron chi connectivity index (χ0n) is 15.2. The van der Waals surface area contributed by atoms with Crippen molar-refractivity contribution in [2.45, 2.75) is 78.7 Å². The van der Waals surface area contributed by atoms with Crippen molar-refractivity contribution in [3.63, 3.8) is 0 Å². The Morgan fingerprint density at radius 3 is 2.52 bits per heavy atom. The fourth-order valence-electron chi connectivity index (χ4n) is 7.19. The average molecular weight is 316 g/mol. The number of carbonyl (C=O) groups is 1. The number of aliphatic hydroxyl groups excluding tert-OH is 1. The molecule has 3 saturated carbocycles. The lowest BCUT2D eigenvalue weighted by Gasteiger charge is -2.59. The van der Waals surface area contributed by atoms with Crippen molar-refractivity contribution in [2.75, 3.05) is 0 Å². The predicted molar refractivity (Wildman–Crippen MR) is 91.9 cm³/mol. The normalized spacial score (nSPS) is 51.5. The summed E-state index contributed by atoms with van der Waals surface area (Å²) in [6.45, 7) is 9.07. The van der Waals surface area contributed by atoms with Gasteiger partial charge in [-0.1, -0.05) is 25.5 Å². The second-order valence-corrected chi connectivity index (χ2v) is 9.83. The SMILES string of the molecule is CC1(C)C(=O)CC[C@@]2(C)C1=CCC1C3CCC(O)[C@@]3(C)CCC12. The van der Waals surface area contributed by atoms with Gasteiger partial charge in [0.05, 0.1) is 6.10 Å². The molecule has 4 aliphatic rings. The number of aliphatic hydroxyl groups is 1. The van der Waals surface area contributed by atoms with E-state index in [-0.39, 0.29) is 22.3 Å². The van der Waals surface area contributed by atoms with Gasteiger partial charge in [0.2, 0.25) is 0 Å². The summed E-state index contributed by atoms with van der Waals surface area (Å²) in [5.74, 6) is 2.52. The summed E-state index contributed by atoms with van der Waals surface area (Å²) in [4.78, 5) is 12.5. The van der Waals surface area contributed by atoms with E-state index in [0.29, 0.717) is 23.5 Å². The molecular formula is C21H32O2. The lowest BCUT2D eigenvalue weighted by Crippen LogP contribution is -2.54. The number of rotatable bonds is 0. The molecule has 0 bridgehead atoms. The highest BCUT2D eigenvalue weighted by molar-refractivity contribution is 5.89. The van der Waals surface area contributed by atoms with Crippen LogP contribution in [0.25, 0.3) is 0 Å². The van der Waals surface area contributed by atoms with E-state index in [4.69, 9.17) is 0 Å². The Bertz CT molecular complexity index is 574. The Hall–Kier alpha value is -0.630. The topological polar surface area (TPSA) is 37.3 Å². The summed E-state index contributed by atoms with van der Waals surface area (Å²) >= 11 is 0. The van der Waals surface area contributed by atoms with E-state index in [1.165, 1.54) is 18.4 Å². The molecule has 0 aromatic rings. The zero-order chi connectivity index (χ0) is 16.6. The minimum Gasteiger partial charge on any atom is -0.393 e. The van der Waals surface area contributed by atoms with E-state index in [1.54, 1.807) is 0 Å². The van der Waals surface area contributed by atoms with E-state index >= 15 is 0 Å². The molecule has 4 rings (SSSR count). The van der Waals surface area contributed by atoms with Crippen LogP contribution in [0.5, 0.6) is 0 Å². The number of hydrogen-bond acceptors (Lipinski definition) is 2. The number of hydrogen-bond donors (Lipinski definition) is 1. The largest absolute Gasteiger partial charge is 0.393 e. The maximum atomic E-state index is 12.5. The van der Waals surface area contributed by atoms with Gasteiger partial charge in [-0.3, -0.25) is 4.79 Å². The molecule has 2 nitrogen and oxygen atoms in total. The van der Waals surface area contributed by atoms with Crippen LogP contribution in [0.1, 0.15) is 72.6 Å². The molecule has 0 heterocycles. The van der Waals surface area contributed by atoms with Crippen molar-refractivity contribution < 1.29 is 9.90 Å². The molecule has 4 unspecified atom stereocenters. The van der Waals surface area contributed by atoms with Crippen LogP contribution in [0.2, 0.25) is 0 Å². The van der Waals surface area contributed by atoms with E-state index < -0.39 is 0 Å². The number of Topliss-reactive ketones (excluding diaryl/α,β-unsaturated/α-hetero) is 1. The summed E-state index contributed by atoms with van der Waals surface area (Å²) in [6.07, 6.45) is 9.82. The Labute approximate surface area is 140 Å². The highest BCUT2D eigenvalue weighted by atomic mass is 16.3. The third-order valence-electron chi connectivity index (χ3n) is 8.66. The maximum absolute atomic E-state index is 12.5. The molecule has 2 heteroatoms. The molecule has 3 fully saturated rings. The second kappa shape index (κ2) is 4.71.